The van der Waals surface area contributed by atoms with Gasteiger partial charge in [0.1, 0.15) is 0 Å². The summed E-state index contributed by atoms with van der Waals surface area (Å²) in [5.74, 6) is 0.0319. The molecule has 0 heterocycles. The molecular weight excluding hydrogens is 234 g/mol. The Morgan fingerprint density at radius 1 is 1.50 bits per heavy atom. The number of benzene rings is 1. The van der Waals surface area contributed by atoms with Gasteiger partial charge in [0.2, 0.25) is 0 Å². The maximum atomic E-state index is 10.1. The molecule has 0 saturated heterocycles. The topological polar surface area (TPSA) is 128 Å². The molecule has 1 aliphatic rings. The maximum absolute atomic E-state index is 10.1. The zero-order valence-electron chi connectivity index (χ0n) is 9.56. The van der Waals surface area contributed by atoms with Gasteiger partial charge >= 0.3 is 0 Å². The van der Waals surface area contributed by atoms with Crippen LogP contribution in [0.3, 0.4) is 0 Å². The minimum Gasteiger partial charge on any atom is -0.409 e. The summed E-state index contributed by atoms with van der Waals surface area (Å²) in [5, 5.41) is 25.2. The molecule has 0 amide bonds. The second kappa shape index (κ2) is 4.95. The molecule has 7 heteroatoms. The monoisotopic (exact) mass is 247 g/mol. The van der Waals surface area contributed by atoms with Crippen LogP contribution in [0.4, 0.5) is 0 Å². The van der Waals surface area contributed by atoms with E-state index in [0.717, 1.165) is 11.1 Å². The Morgan fingerprint density at radius 2 is 2.28 bits per heavy atom. The van der Waals surface area contributed by atoms with Crippen LogP contribution >= 0.6 is 0 Å². The van der Waals surface area contributed by atoms with Crippen molar-refractivity contribution in [3.05, 3.63) is 45.3 Å². The molecule has 2 rings (SSSR count). The van der Waals surface area contributed by atoms with Gasteiger partial charge in [-0.3, -0.25) is 0 Å². The number of oxime groups is 1. The van der Waals surface area contributed by atoms with Crippen LogP contribution in [0.15, 0.2) is 28.5 Å². The van der Waals surface area contributed by atoms with Crippen LogP contribution in [-0.2, 0) is 6.42 Å². The summed E-state index contributed by atoms with van der Waals surface area (Å²) in [6, 6.07) is 4.72. The lowest BCUT2D eigenvalue weighted by Crippen LogP contribution is -2.24. The zero-order valence-corrected chi connectivity index (χ0v) is 9.56. The van der Waals surface area contributed by atoms with Crippen LogP contribution in [0.1, 0.15) is 29.2 Å². The lowest BCUT2D eigenvalue weighted by atomic mass is 9.85. The van der Waals surface area contributed by atoms with E-state index in [-0.39, 0.29) is 5.84 Å². The van der Waals surface area contributed by atoms with Crippen molar-refractivity contribution in [1.29, 1.82) is 0 Å². The van der Waals surface area contributed by atoms with Crippen LogP contribution in [0.2, 0.25) is 0 Å². The van der Waals surface area contributed by atoms with Gasteiger partial charge in [0.05, 0.1) is 12.1 Å². The van der Waals surface area contributed by atoms with Gasteiger partial charge in [-0.15, -0.1) is 0 Å². The Bertz CT molecular complexity index is 536. The Hall–Kier alpha value is -2.24. The van der Waals surface area contributed by atoms with E-state index in [4.69, 9.17) is 16.5 Å². The quantitative estimate of drug-likeness (QED) is 0.139. The molecule has 0 radical (unpaired) electrons. The van der Waals surface area contributed by atoms with Crippen molar-refractivity contribution in [3.8, 4) is 0 Å². The van der Waals surface area contributed by atoms with E-state index < -0.39 is 12.1 Å². The number of aliphatic hydroxyl groups is 1. The predicted octanol–water partition coefficient (Wildman–Crippen LogP) is 1.44. The van der Waals surface area contributed by atoms with Crippen molar-refractivity contribution in [2.24, 2.45) is 16.0 Å². The number of azide groups is 1. The van der Waals surface area contributed by atoms with Crippen LogP contribution in [0.5, 0.6) is 0 Å². The molecule has 2 atom stereocenters. The van der Waals surface area contributed by atoms with Gasteiger partial charge in [-0.2, -0.15) is 0 Å². The third-order valence-electron chi connectivity index (χ3n) is 3.14. The van der Waals surface area contributed by atoms with Gasteiger partial charge in [0, 0.05) is 10.5 Å². The summed E-state index contributed by atoms with van der Waals surface area (Å²) < 4.78 is 0. The number of nitrogens with zero attached hydrogens (tertiary/aromatic N) is 4. The average molecular weight is 247 g/mol. The van der Waals surface area contributed by atoms with Crippen LogP contribution in [0, 0.1) is 0 Å². The summed E-state index contributed by atoms with van der Waals surface area (Å²) in [7, 11) is 0. The van der Waals surface area contributed by atoms with E-state index >= 15 is 0 Å². The molecule has 0 spiro atoms. The van der Waals surface area contributed by atoms with Gasteiger partial charge in [-0.1, -0.05) is 22.4 Å². The molecule has 0 aliphatic heterocycles. The van der Waals surface area contributed by atoms with Gasteiger partial charge in [-0.05, 0) is 35.6 Å². The summed E-state index contributed by atoms with van der Waals surface area (Å²) in [4.78, 5) is 2.73. The van der Waals surface area contributed by atoms with Crippen molar-refractivity contribution < 1.29 is 10.3 Å². The number of hydrogen-bond donors (Lipinski definition) is 3. The Morgan fingerprint density at radius 3 is 2.94 bits per heavy atom. The standard InChI is InChI=1S/C11H13N5O2/c12-11(15-18)7-1-3-8-6(5-7)2-4-9(10(8)17)14-16-13/h1,3,5,9-10,17-18H,2,4H2,(H2,12,15). The first-order valence-electron chi connectivity index (χ1n) is 5.50. The third-order valence-corrected chi connectivity index (χ3v) is 3.14. The molecule has 94 valence electrons. The van der Waals surface area contributed by atoms with Crippen LogP contribution in [0.25, 0.3) is 10.4 Å². The molecule has 1 aromatic carbocycles. The zero-order chi connectivity index (χ0) is 13.1. The first-order chi connectivity index (χ1) is 8.67. The summed E-state index contributed by atoms with van der Waals surface area (Å²) in [5.41, 5.74) is 16.2. The van der Waals surface area contributed by atoms with Crippen molar-refractivity contribution in [1.82, 2.24) is 0 Å². The highest BCUT2D eigenvalue weighted by molar-refractivity contribution is 5.97. The average Bonchev–Trinajstić information content (AvgIpc) is 2.41. The first kappa shape index (κ1) is 12.2. The van der Waals surface area contributed by atoms with Gasteiger partial charge in [0.25, 0.3) is 0 Å². The lowest BCUT2D eigenvalue weighted by Gasteiger charge is -2.27. The molecule has 7 nitrogen and oxygen atoms in total. The maximum Gasteiger partial charge on any atom is 0.170 e. The minimum atomic E-state index is -0.800. The number of aryl methyl sites for hydroxylation is 1. The molecule has 0 saturated carbocycles. The van der Waals surface area contributed by atoms with Gasteiger partial charge in [0.15, 0.2) is 5.84 Å². The second-order valence-electron chi connectivity index (χ2n) is 4.15. The molecule has 0 aromatic heterocycles. The molecule has 4 N–H and O–H groups in total. The van der Waals surface area contributed by atoms with E-state index in [1.54, 1.807) is 18.2 Å². The van der Waals surface area contributed by atoms with E-state index in [1.807, 2.05) is 0 Å². The van der Waals surface area contributed by atoms with Crippen molar-refractivity contribution in [2.45, 2.75) is 25.0 Å². The Labute approximate surface area is 103 Å². The van der Waals surface area contributed by atoms with E-state index in [2.05, 4.69) is 15.2 Å². The van der Waals surface area contributed by atoms with E-state index in [0.29, 0.717) is 18.4 Å². The third kappa shape index (κ3) is 2.09. The van der Waals surface area contributed by atoms with Gasteiger partial charge in [-0.25, -0.2) is 0 Å². The number of aliphatic hydroxyl groups excluding tert-OH is 1. The molecule has 1 aromatic rings. The predicted molar refractivity (Wildman–Crippen MR) is 65.2 cm³/mol. The van der Waals surface area contributed by atoms with Crippen molar-refractivity contribution >= 4 is 5.84 Å². The smallest absolute Gasteiger partial charge is 0.170 e. The SMILES string of the molecule is [N-]=[N+]=NC1CCc2cc(C(N)=NO)ccc2C1O. The highest BCUT2D eigenvalue weighted by Gasteiger charge is 2.27. The lowest BCUT2D eigenvalue weighted by molar-refractivity contribution is 0.134. The summed E-state index contributed by atoms with van der Waals surface area (Å²) in [6.07, 6.45) is 0.464. The van der Waals surface area contributed by atoms with Crippen LogP contribution in [-0.4, -0.2) is 22.2 Å². The fourth-order valence-corrected chi connectivity index (χ4v) is 2.18. The number of rotatable bonds is 2. The summed E-state index contributed by atoms with van der Waals surface area (Å²) in [6.45, 7) is 0. The number of fused-ring (bicyclic) bond motifs is 1. The van der Waals surface area contributed by atoms with Gasteiger partial charge < -0.3 is 16.0 Å². The molecular formula is C11H13N5O2. The fourth-order valence-electron chi connectivity index (χ4n) is 2.18. The number of amidine groups is 1. The Kier molecular flexibility index (Phi) is 3.36. The van der Waals surface area contributed by atoms with E-state index in [1.165, 1.54) is 0 Å². The molecule has 0 bridgehead atoms. The highest BCUT2D eigenvalue weighted by atomic mass is 16.4. The molecule has 0 fully saturated rings. The van der Waals surface area contributed by atoms with Crippen LogP contribution < -0.4 is 5.73 Å². The highest BCUT2D eigenvalue weighted by Crippen LogP contribution is 2.32. The number of nitrogens with two attached hydrogens (primary N) is 1. The van der Waals surface area contributed by atoms with Crippen molar-refractivity contribution in [3.63, 3.8) is 0 Å². The fraction of sp³-hybridized carbons (Fsp3) is 0.364. The minimum absolute atomic E-state index is 0.0319. The van der Waals surface area contributed by atoms with Crippen molar-refractivity contribution in [2.75, 3.05) is 0 Å². The molecule has 2 unspecified atom stereocenters. The largest absolute Gasteiger partial charge is 0.409 e. The second-order valence-corrected chi connectivity index (χ2v) is 4.15. The Balaban J connectivity index is 2.37. The van der Waals surface area contributed by atoms with E-state index in [9.17, 15) is 5.11 Å². The molecule has 1 aliphatic carbocycles. The molecule has 18 heavy (non-hydrogen) atoms. The number of hydrogen-bond acceptors (Lipinski definition) is 4. The normalized spacial score (nSPS) is 23.1. The summed E-state index contributed by atoms with van der Waals surface area (Å²) >= 11 is 0. The first-order valence-corrected chi connectivity index (χ1v) is 5.50.